The van der Waals surface area contributed by atoms with Crippen molar-refractivity contribution < 1.29 is 15.0 Å². The maximum Gasteiger partial charge on any atom is 0.250 e. The molecule has 1 aliphatic carbocycles. The zero-order valence-electron chi connectivity index (χ0n) is 9.86. The summed E-state index contributed by atoms with van der Waals surface area (Å²) in [5, 5.41) is 18.5. The number of aliphatic hydroxyl groups excluding tert-OH is 2. The first-order chi connectivity index (χ1) is 7.15. The summed E-state index contributed by atoms with van der Waals surface area (Å²) in [6, 6.07) is 0.300. The Morgan fingerprint density at radius 2 is 1.87 bits per heavy atom. The number of hydrogen-bond donors (Lipinski definition) is 4. The number of nitrogens with two attached hydrogens (primary N) is 1. The van der Waals surface area contributed by atoms with E-state index in [9.17, 15) is 4.79 Å². The number of amides is 1. The predicted octanol–water partition coefficient (Wildman–Crippen LogP) is -0.391. The largest absolute Gasteiger partial charge is 0.400 e. The predicted molar refractivity (Wildman–Crippen MR) is 60.3 cm³/mol. The summed E-state index contributed by atoms with van der Waals surface area (Å²) < 4.78 is 0. The second-order valence-electron chi connectivity index (χ2n) is 3.24. The molecule has 0 aliphatic heterocycles. The molecule has 1 rings (SSSR count). The third-order valence-corrected chi connectivity index (χ3v) is 1.45. The number of hydrogen-bond acceptors (Lipinski definition) is 4. The molecule has 0 aromatic heterocycles. The minimum absolute atomic E-state index is 0.00144. The Balaban J connectivity index is 0. The highest BCUT2D eigenvalue weighted by Crippen LogP contribution is 2.18. The van der Waals surface area contributed by atoms with Crippen LogP contribution in [0, 0.1) is 0 Å². The van der Waals surface area contributed by atoms with Crippen LogP contribution < -0.4 is 11.1 Å². The highest BCUT2D eigenvalue weighted by molar-refractivity contribution is 5.81. The van der Waals surface area contributed by atoms with Crippen molar-refractivity contribution in [2.45, 2.75) is 45.3 Å². The van der Waals surface area contributed by atoms with Crippen molar-refractivity contribution >= 4 is 5.91 Å². The molecule has 0 spiro atoms. The lowest BCUT2D eigenvalue weighted by Crippen LogP contribution is -2.40. The Hall–Kier alpha value is -0.650. The molecule has 0 saturated heterocycles. The van der Waals surface area contributed by atoms with E-state index in [-0.39, 0.29) is 12.5 Å². The molecule has 92 valence electrons. The van der Waals surface area contributed by atoms with Gasteiger partial charge in [-0.2, -0.15) is 0 Å². The lowest BCUT2D eigenvalue weighted by Gasteiger charge is -2.06. The van der Waals surface area contributed by atoms with Crippen LogP contribution in [-0.2, 0) is 4.79 Å². The van der Waals surface area contributed by atoms with Gasteiger partial charge in [-0.05, 0) is 12.8 Å². The first kappa shape index (κ1) is 16.8. The molecule has 1 amide bonds. The summed E-state index contributed by atoms with van der Waals surface area (Å²) in [6.07, 6.45) is 2.28. The van der Waals surface area contributed by atoms with E-state index in [4.69, 9.17) is 15.9 Å². The average Bonchev–Trinajstić information content (AvgIpc) is 3.04. The van der Waals surface area contributed by atoms with E-state index in [0.717, 1.165) is 20.0 Å². The Morgan fingerprint density at radius 1 is 1.47 bits per heavy atom. The lowest BCUT2D eigenvalue weighted by molar-refractivity contribution is -0.128. The van der Waals surface area contributed by atoms with Gasteiger partial charge in [0, 0.05) is 19.7 Å². The molecular weight excluding hydrogens is 196 g/mol. The summed E-state index contributed by atoms with van der Waals surface area (Å²) in [5.74, 6) is -0.343. The number of carbonyl (C=O) groups excluding carboxylic acids is 1. The van der Waals surface area contributed by atoms with Gasteiger partial charge in [0.05, 0.1) is 0 Å². The zero-order chi connectivity index (χ0) is 12.3. The van der Waals surface area contributed by atoms with Crippen LogP contribution in [0.5, 0.6) is 0 Å². The fraction of sp³-hybridized carbons (Fsp3) is 0.900. The third-order valence-electron chi connectivity index (χ3n) is 1.45. The second kappa shape index (κ2) is 11.4. The van der Waals surface area contributed by atoms with Gasteiger partial charge in [0.2, 0.25) is 5.91 Å². The van der Waals surface area contributed by atoms with Crippen LogP contribution in [0.4, 0.5) is 0 Å². The van der Waals surface area contributed by atoms with Crippen LogP contribution in [0.15, 0.2) is 0 Å². The average molecular weight is 220 g/mol. The Bertz CT molecular complexity index is 150. The van der Waals surface area contributed by atoms with Gasteiger partial charge >= 0.3 is 0 Å². The van der Waals surface area contributed by atoms with Gasteiger partial charge in [-0.1, -0.05) is 20.3 Å². The molecule has 15 heavy (non-hydrogen) atoms. The maximum absolute atomic E-state index is 10.8. The van der Waals surface area contributed by atoms with Crippen LogP contribution in [0.3, 0.4) is 0 Å². The monoisotopic (exact) mass is 220 g/mol. The third kappa shape index (κ3) is 11.3. The summed E-state index contributed by atoms with van der Waals surface area (Å²) >= 11 is 0. The van der Waals surface area contributed by atoms with Crippen molar-refractivity contribution in [3.8, 4) is 0 Å². The molecule has 1 aliphatic rings. The first-order valence-corrected chi connectivity index (χ1v) is 5.28. The molecule has 0 heterocycles. The van der Waals surface area contributed by atoms with E-state index in [1.165, 1.54) is 6.42 Å². The number of rotatable bonds is 3. The van der Waals surface area contributed by atoms with Crippen molar-refractivity contribution in [3.63, 3.8) is 0 Å². The van der Waals surface area contributed by atoms with Crippen LogP contribution in [0.25, 0.3) is 0 Å². The number of nitrogens with one attached hydrogen (secondary N) is 1. The van der Waals surface area contributed by atoms with Gasteiger partial charge in [-0.25, -0.2) is 0 Å². The van der Waals surface area contributed by atoms with E-state index in [1.807, 2.05) is 0 Å². The van der Waals surface area contributed by atoms with E-state index in [0.29, 0.717) is 6.04 Å². The molecule has 1 unspecified atom stereocenters. The van der Waals surface area contributed by atoms with Gasteiger partial charge in [0.25, 0.3) is 0 Å². The smallest absolute Gasteiger partial charge is 0.250 e. The summed E-state index contributed by atoms with van der Waals surface area (Å²) in [7, 11) is 1.00. The molecule has 0 bridgehead atoms. The van der Waals surface area contributed by atoms with Crippen LogP contribution in [0.1, 0.15) is 33.1 Å². The van der Waals surface area contributed by atoms with Gasteiger partial charge in [-0.15, -0.1) is 0 Å². The van der Waals surface area contributed by atoms with E-state index in [1.54, 1.807) is 0 Å². The molecule has 5 nitrogen and oxygen atoms in total. The fourth-order valence-electron chi connectivity index (χ4n) is 0.632. The molecule has 0 radical (unpaired) electrons. The van der Waals surface area contributed by atoms with Gasteiger partial charge in [0.1, 0.15) is 6.10 Å². The Kier molecular flexibility index (Phi) is 12.8. The minimum Gasteiger partial charge on any atom is -0.400 e. The van der Waals surface area contributed by atoms with Gasteiger partial charge in [0.15, 0.2) is 0 Å². The van der Waals surface area contributed by atoms with E-state index in [2.05, 4.69) is 19.2 Å². The molecule has 1 fully saturated rings. The first-order valence-electron chi connectivity index (χ1n) is 5.28. The van der Waals surface area contributed by atoms with Crippen molar-refractivity contribution in [1.82, 2.24) is 5.32 Å². The Labute approximate surface area is 91.7 Å². The normalized spacial score (nSPS) is 15.1. The minimum atomic E-state index is -1.03. The highest BCUT2D eigenvalue weighted by Gasteiger charge is 2.25. The van der Waals surface area contributed by atoms with Crippen LogP contribution in [-0.4, -0.2) is 41.9 Å². The Morgan fingerprint density at radius 3 is 2.13 bits per heavy atom. The second-order valence-corrected chi connectivity index (χ2v) is 3.24. The van der Waals surface area contributed by atoms with Crippen LogP contribution in [0.2, 0.25) is 0 Å². The lowest BCUT2D eigenvalue weighted by atomic mass is 10.3. The highest BCUT2D eigenvalue weighted by atomic mass is 16.3. The molecular formula is C10H24N2O3. The molecule has 1 atom stereocenters. The number of aliphatic hydroxyl groups is 2. The fourth-order valence-corrected chi connectivity index (χ4v) is 0.632. The number of carbonyl (C=O) groups is 1. The quantitative estimate of drug-likeness (QED) is 0.521. The molecule has 1 saturated carbocycles. The molecule has 5 heteroatoms. The van der Waals surface area contributed by atoms with E-state index < -0.39 is 6.10 Å². The summed E-state index contributed by atoms with van der Waals surface area (Å²) in [4.78, 5) is 10.8. The van der Waals surface area contributed by atoms with Crippen molar-refractivity contribution in [1.29, 1.82) is 0 Å². The molecule has 0 aromatic carbocycles. The van der Waals surface area contributed by atoms with Crippen molar-refractivity contribution in [2.24, 2.45) is 5.73 Å². The van der Waals surface area contributed by atoms with Crippen molar-refractivity contribution in [2.75, 3.05) is 13.7 Å². The molecule has 0 aromatic rings. The van der Waals surface area contributed by atoms with Gasteiger partial charge < -0.3 is 21.3 Å². The standard InChI is InChI=1S/C6H12N2O2.C3H8.CH4O/c7-3-5(9)6(10)8-4-1-2-4;1-3-2;1-2/h4-5,9H,1-3,7H2,(H,8,10);3H2,1-2H3;2H,1H3. The maximum atomic E-state index is 10.8. The summed E-state index contributed by atoms with van der Waals surface area (Å²) in [6.45, 7) is 4.25. The van der Waals surface area contributed by atoms with Gasteiger partial charge in [-0.3, -0.25) is 4.79 Å². The SMILES string of the molecule is CCC.CO.NCC(O)C(=O)NC1CC1. The van der Waals surface area contributed by atoms with Crippen molar-refractivity contribution in [3.05, 3.63) is 0 Å². The topological polar surface area (TPSA) is 95.6 Å². The summed E-state index contributed by atoms with van der Waals surface area (Å²) in [5.41, 5.74) is 5.06. The van der Waals surface area contributed by atoms with E-state index >= 15 is 0 Å². The van der Waals surface area contributed by atoms with Crippen LogP contribution >= 0.6 is 0 Å². The zero-order valence-corrected chi connectivity index (χ0v) is 9.86. The molecule has 5 N–H and O–H groups in total.